The van der Waals surface area contributed by atoms with Crippen molar-refractivity contribution in [3.05, 3.63) is 65.5 Å². The van der Waals surface area contributed by atoms with Crippen molar-refractivity contribution in [2.24, 2.45) is 0 Å². The zero-order valence-corrected chi connectivity index (χ0v) is 18.0. The van der Waals surface area contributed by atoms with Crippen molar-refractivity contribution in [3.8, 4) is 0 Å². The highest BCUT2D eigenvalue weighted by atomic mass is 19.1. The average Bonchev–Trinajstić information content (AvgIpc) is 3.26. The van der Waals surface area contributed by atoms with E-state index >= 15 is 0 Å². The quantitative estimate of drug-likeness (QED) is 0.499. The highest BCUT2D eigenvalue weighted by Crippen LogP contribution is 2.44. The first-order chi connectivity index (χ1) is 15.6. The Hall–Kier alpha value is -3.01. The van der Waals surface area contributed by atoms with Gasteiger partial charge < -0.3 is 14.5 Å². The van der Waals surface area contributed by atoms with Crippen molar-refractivity contribution < 1.29 is 31.9 Å². The van der Waals surface area contributed by atoms with E-state index in [0.717, 1.165) is 25.3 Å². The third kappa shape index (κ3) is 4.31. The fraction of sp³-hybridized carbons (Fsp3) is 0.435. The Balaban J connectivity index is 1.45. The zero-order chi connectivity index (χ0) is 23.9. The highest BCUT2D eigenvalue weighted by Gasteiger charge is 2.58. The van der Waals surface area contributed by atoms with E-state index < -0.39 is 52.8 Å². The van der Waals surface area contributed by atoms with Crippen LogP contribution in [-0.4, -0.2) is 57.6 Å². The molecule has 3 aliphatic rings. The molecule has 0 radical (unpaired) electrons. The minimum Gasteiger partial charge on any atom is -0.342 e. The number of hydrogen-bond donors (Lipinski definition) is 0. The predicted molar refractivity (Wildman–Crippen MR) is 110 cm³/mol. The Morgan fingerprint density at radius 3 is 2.58 bits per heavy atom. The van der Waals surface area contributed by atoms with Crippen LogP contribution in [0.25, 0.3) is 0 Å². The number of likely N-dealkylation sites (tertiary alicyclic amines) is 1. The Morgan fingerprint density at radius 1 is 1.24 bits per heavy atom. The Labute approximate surface area is 188 Å². The van der Waals surface area contributed by atoms with Gasteiger partial charge in [0.2, 0.25) is 0 Å². The van der Waals surface area contributed by atoms with Gasteiger partial charge in [0.05, 0.1) is 18.1 Å². The molecule has 4 heterocycles. The molecule has 4 rings (SSSR count). The van der Waals surface area contributed by atoms with Crippen LogP contribution in [0.5, 0.6) is 0 Å². The largest absolute Gasteiger partial charge is 0.342 e. The molecule has 0 aliphatic carbocycles. The number of carbonyl (C=O) groups excluding carboxylic acids is 2. The highest BCUT2D eigenvalue weighted by molar-refractivity contribution is 5.93. The first-order valence-corrected chi connectivity index (χ1v) is 10.6. The van der Waals surface area contributed by atoms with Crippen molar-refractivity contribution in [3.63, 3.8) is 0 Å². The summed E-state index contributed by atoms with van der Waals surface area (Å²) in [6.45, 7) is 5.24. The number of pyridine rings is 1. The van der Waals surface area contributed by atoms with Gasteiger partial charge in [0.25, 0.3) is 11.8 Å². The van der Waals surface area contributed by atoms with E-state index in [1.807, 2.05) is 0 Å². The molecule has 2 amide bonds. The summed E-state index contributed by atoms with van der Waals surface area (Å²) in [5.74, 6) is -4.35. The van der Waals surface area contributed by atoms with Gasteiger partial charge in [-0.15, -0.1) is 0 Å². The van der Waals surface area contributed by atoms with Crippen molar-refractivity contribution in [2.45, 2.75) is 50.5 Å². The van der Waals surface area contributed by atoms with E-state index in [0.29, 0.717) is 24.5 Å². The van der Waals surface area contributed by atoms with Gasteiger partial charge in [0.15, 0.2) is 17.1 Å². The van der Waals surface area contributed by atoms with E-state index in [9.17, 15) is 27.2 Å². The van der Waals surface area contributed by atoms with E-state index in [2.05, 4.69) is 11.6 Å². The number of ether oxygens (including phenoxy) is 1. The fourth-order valence-electron chi connectivity index (χ4n) is 4.71. The van der Waals surface area contributed by atoms with Crippen molar-refractivity contribution in [1.29, 1.82) is 0 Å². The number of rotatable bonds is 4. The van der Waals surface area contributed by atoms with Gasteiger partial charge in [-0.2, -0.15) is 0 Å². The van der Waals surface area contributed by atoms with E-state index in [-0.39, 0.29) is 31.8 Å². The number of halogens is 4. The Kier molecular flexibility index (Phi) is 6.13. The fourth-order valence-corrected chi connectivity index (χ4v) is 4.71. The molecular formula is C23H23F4N3O3. The third-order valence-electron chi connectivity index (χ3n) is 6.28. The Morgan fingerprint density at radius 2 is 1.94 bits per heavy atom. The van der Waals surface area contributed by atoms with Gasteiger partial charge in [0.1, 0.15) is 17.9 Å². The van der Waals surface area contributed by atoms with Crippen LogP contribution in [-0.2, 0) is 9.53 Å². The topological polar surface area (TPSA) is 62.7 Å². The van der Waals surface area contributed by atoms with Gasteiger partial charge in [-0.05, 0) is 31.4 Å². The van der Waals surface area contributed by atoms with Gasteiger partial charge in [-0.1, -0.05) is 6.58 Å². The molecule has 1 aromatic heterocycles. The smallest absolute Gasteiger partial charge is 0.275 e. The van der Waals surface area contributed by atoms with Crippen LogP contribution in [0.15, 0.2) is 48.2 Å². The number of hydrogen-bond acceptors (Lipinski definition) is 4. The number of piperidine rings is 1. The number of carbonyl (C=O) groups is 2. The second-order valence-corrected chi connectivity index (χ2v) is 8.48. The molecule has 6 nitrogen and oxygen atoms in total. The maximum absolute atomic E-state index is 13.9. The van der Waals surface area contributed by atoms with Gasteiger partial charge in [-0.3, -0.25) is 9.59 Å². The molecule has 0 bridgehead atoms. The summed E-state index contributed by atoms with van der Waals surface area (Å²) in [4.78, 5) is 32.4. The standard InChI is InChI=1S/C23H23F4N3O3/c1-13(9-15(25)10-14(2)24)18-3-4-19-30(18)22(32)23(33-19)5-7-29(8-6-23)21(31)20-17(27)11-16(26)12-28-20/h9-12,18-19H,1,3-8H2,2H3/b14-10+,15-9+/t18-,19+/m0/s1. The molecule has 3 aliphatic heterocycles. The molecule has 33 heavy (non-hydrogen) atoms. The third-order valence-corrected chi connectivity index (χ3v) is 6.28. The first-order valence-electron chi connectivity index (χ1n) is 10.6. The summed E-state index contributed by atoms with van der Waals surface area (Å²) in [6.07, 6.45) is 3.60. The van der Waals surface area contributed by atoms with E-state index in [4.69, 9.17) is 4.74 Å². The molecule has 3 saturated heterocycles. The summed E-state index contributed by atoms with van der Waals surface area (Å²) in [6, 6.07) is 0.122. The molecule has 1 aromatic rings. The molecular weight excluding hydrogens is 442 g/mol. The van der Waals surface area contributed by atoms with Crippen LogP contribution in [0.1, 0.15) is 43.1 Å². The second-order valence-electron chi connectivity index (χ2n) is 8.48. The van der Waals surface area contributed by atoms with Crippen molar-refractivity contribution in [2.75, 3.05) is 13.1 Å². The summed E-state index contributed by atoms with van der Waals surface area (Å²) in [7, 11) is 0. The number of amides is 2. The summed E-state index contributed by atoms with van der Waals surface area (Å²) in [5, 5.41) is 0. The molecule has 1 spiro atoms. The number of aromatic nitrogens is 1. The lowest BCUT2D eigenvalue weighted by Crippen LogP contribution is -2.52. The van der Waals surface area contributed by atoms with Gasteiger partial charge in [-0.25, -0.2) is 22.5 Å². The van der Waals surface area contributed by atoms with Crippen LogP contribution in [0.3, 0.4) is 0 Å². The molecule has 0 saturated carbocycles. The first kappa shape index (κ1) is 23.2. The molecule has 0 N–H and O–H groups in total. The van der Waals surface area contributed by atoms with Crippen LogP contribution in [0.4, 0.5) is 17.6 Å². The normalized spacial score (nSPS) is 25.1. The second kappa shape index (κ2) is 8.74. The predicted octanol–water partition coefficient (Wildman–Crippen LogP) is 3.96. The maximum Gasteiger partial charge on any atom is 0.275 e. The average molecular weight is 465 g/mol. The minimum absolute atomic E-state index is 0.129. The monoisotopic (exact) mass is 465 g/mol. The maximum atomic E-state index is 13.9. The molecule has 176 valence electrons. The van der Waals surface area contributed by atoms with Crippen molar-refractivity contribution >= 4 is 11.8 Å². The number of fused-ring (bicyclic) bond motifs is 1. The van der Waals surface area contributed by atoms with E-state index in [1.165, 1.54) is 4.90 Å². The zero-order valence-electron chi connectivity index (χ0n) is 18.0. The van der Waals surface area contributed by atoms with Crippen LogP contribution in [0, 0.1) is 11.6 Å². The van der Waals surface area contributed by atoms with Crippen molar-refractivity contribution in [1.82, 2.24) is 14.8 Å². The lowest BCUT2D eigenvalue weighted by atomic mass is 9.89. The minimum atomic E-state index is -1.13. The number of allylic oxidation sites excluding steroid dienone is 3. The van der Waals surface area contributed by atoms with Crippen LogP contribution >= 0.6 is 0 Å². The molecule has 0 aromatic carbocycles. The lowest BCUT2D eigenvalue weighted by molar-refractivity contribution is -0.142. The molecule has 3 fully saturated rings. The molecule has 10 heteroatoms. The molecule has 2 atom stereocenters. The number of nitrogens with zero attached hydrogens (tertiary/aromatic N) is 3. The summed E-state index contributed by atoms with van der Waals surface area (Å²) >= 11 is 0. The van der Waals surface area contributed by atoms with Gasteiger partial charge >= 0.3 is 0 Å². The summed E-state index contributed by atoms with van der Waals surface area (Å²) in [5.41, 5.74) is -1.27. The van der Waals surface area contributed by atoms with Crippen LogP contribution < -0.4 is 0 Å². The van der Waals surface area contributed by atoms with Gasteiger partial charge in [0, 0.05) is 38.1 Å². The summed E-state index contributed by atoms with van der Waals surface area (Å²) < 4.78 is 60.0. The molecule has 0 unspecified atom stereocenters. The lowest BCUT2D eigenvalue weighted by Gasteiger charge is -2.37. The Bertz CT molecular complexity index is 1060. The van der Waals surface area contributed by atoms with Crippen LogP contribution in [0.2, 0.25) is 0 Å². The SMILES string of the molecule is C=C(/C=C(F)\C=C(/C)F)[C@@H]1CC[C@H]2OC3(CCN(C(=O)c4ncc(F)cc4F)CC3)C(=O)N21. The van der Waals surface area contributed by atoms with E-state index in [1.54, 1.807) is 4.90 Å².